The van der Waals surface area contributed by atoms with Gasteiger partial charge in [-0.3, -0.25) is 5.43 Å². The van der Waals surface area contributed by atoms with E-state index in [1.165, 1.54) is 11.8 Å². The summed E-state index contributed by atoms with van der Waals surface area (Å²) in [5.41, 5.74) is 11.7. The molecule has 2 aromatic heterocycles. The van der Waals surface area contributed by atoms with Crippen LogP contribution in [0.1, 0.15) is 17.5 Å². The number of pyridine rings is 1. The van der Waals surface area contributed by atoms with Crippen molar-refractivity contribution in [3.05, 3.63) is 145 Å². The second-order valence-corrected chi connectivity index (χ2v) is 10.5. The normalized spacial score (nSPS) is 13.4. The minimum absolute atomic E-state index is 0.0977. The summed E-state index contributed by atoms with van der Waals surface area (Å²) in [6, 6.07) is 41.0. The minimum Gasteiger partial charge on any atom is -0.454 e. The highest BCUT2D eigenvalue weighted by Crippen LogP contribution is 2.42. The first kappa shape index (κ1) is 25.4. The third-order valence-electron chi connectivity index (χ3n) is 7.63. The van der Waals surface area contributed by atoms with Crippen molar-refractivity contribution in [2.45, 2.75) is 11.8 Å². The van der Waals surface area contributed by atoms with E-state index in [1.54, 1.807) is 6.21 Å². The van der Waals surface area contributed by atoms with E-state index >= 15 is 0 Å². The summed E-state index contributed by atoms with van der Waals surface area (Å²) in [6.07, 6.45) is 8.32. The minimum atomic E-state index is -0.0977. The summed E-state index contributed by atoms with van der Waals surface area (Å²) in [5, 5.41) is 13.0. The number of para-hydroxylation sites is 1. The van der Waals surface area contributed by atoms with Gasteiger partial charge in [0.2, 0.25) is 0 Å². The van der Waals surface area contributed by atoms with Crippen molar-refractivity contribution in [3.8, 4) is 33.8 Å². The van der Waals surface area contributed by atoms with Gasteiger partial charge in [-0.25, -0.2) is 4.98 Å². The fraction of sp³-hybridized carbons (Fsp3) is 0.0541. The molecule has 6 aromatic rings. The van der Waals surface area contributed by atoms with Gasteiger partial charge >= 0.3 is 0 Å². The van der Waals surface area contributed by atoms with Crippen LogP contribution in [-0.4, -0.2) is 17.4 Å². The third-order valence-corrected chi connectivity index (χ3v) is 7.63. The zero-order valence-electron chi connectivity index (χ0n) is 22.9. The summed E-state index contributed by atoms with van der Waals surface area (Å²) < 4.78 is 6.23. The van der Waals surface area contributed by atoms with Gasteiger partial charge in [0.1, 0.15) is 11.3 Å². The number of hydrazone groups is 1. The lowest BCUT2D eigenvalue weighted by Gasteiger charge is -2.15. The standard InChI is InChI=1S/C37H28N4O/c38-20-19-37(17-18-37)31-15-13-27(14-16-31)30-22-33(40-34(23-30)36-24-29-9-4-5-12-35(29)42-36)28-10-6-11-32(21-28)41-39-25-26-7-2-1-3-8-26/h1-18,20-25,38,41H,19H2/b38-20?,39-25+. The fourth-order valence-corrected chi connectivity index (χ4v) is 5.24. The van der Waals surface area contributed by atoms with E-state index in [4.69, 9.17) is 14.8 Å². The second kappa shape index (κ2) is 10.8. The molecule has 0 saturated carbocycles. The second-order valence-electron chi connectivity index (χ2n) is 10.5. The molecule has 0 bridgehead atoms. The number of hydrogen-bond acceptors (Lipinski definition) is 5. The maximum absolute atomic E-state index is 7.57. The highest BCUT2D eigenvalue weighted by atomic mass is 16.3. The Morgan fingerprint density at radius 1 is 0.738 bits per heavy atom. The molecule has 0 spiro atoms. The Bertz CT molecular complexity index is 1910. The molecule has 0 aliphatic heterocycles. The van der Waals surface area contributed by atoms with Gasteiger partial charge in [0.05, 0.1) is 17.6 Å². The zero-order valence-corrected chi connectivity index (χ0v) is 22.9. The summed E-state index contributed by atoms with van der Waals surface area (Å²) in [4.78, 5) is 5.06. The lowest BCUT2D eigenvalue weighted by Crippen LogP contribution is -2.08. The number of allylic oxidation sites excluding steroid dienone is 2. The Balaban J connectivity index is 1.26. The Kier molecular flexibility index (Phi) is 6.53. The molecule has 1 aliphatic carbocycles. The van der Waals surface area contributed by atoms with Gasteiger partial charge in [0.25, 0.3) is 0 Å². The average Bonchev–Trinajstić information content (AvgIpc) is 3.70. The topological polar surface area (TPSA) is 74.3 Å². The molecule has 7 rings (SSSR count). The number of aromatic nitrogens is 1. The Morgan fingerprint density at radius 2 is 1.52 bits per heavy atom. The molecule has 0 amide bonds. The van der Waals surface area contributed by atoms with Crippen molar-refractivity contribution in [1.82, 2.24) is 4.98 Å². The Labute approximate surface area is 244 Å². The van der Waals surface area contributed by atoms with Gasteiger partial charge in [-0.1, -0.05) is 97.1 Å². The van der Waals surface area contributed by atoms with Gasteiger partial charge in [-0.2, -0.15) is 5.10 Å². The molecule has 0 radical (unpaired) electrons. The first-order valence-corrected chi connectivity index (χ1v) is 13.9. The van der Waals surface area contributed by atoms with E-state index in [0.717, 1.165) is 56.1 Å². The monoisotopic (exact) mass is 544 g/mol. The van der Waals surface area contributed by atoms with E-state index in [-0.39, 0.29) is 5.41 Å². The van der Waals surface area contributed by atoms with E-state index in [2.05, 4.69) is 71.2 Å². The van der Waals surface area contributed by atoms with Crippen LogP contribution in [0.15, 0.2) is 143 Å². The van der Waals surface area contributed by atoms with Crippen LogP contribution in [0.2, 0.25) is 0 Å². The third kappa shape index (κ3) is 5.16. The molecule has 0 fully saturated rings. The van der Waals surface area contributed by atoms with Crippen LogP contribution in [0, 0.1) is 5.41 Å². The summed E-state index contributed by atoms with van der Waals surface area (Å²) in [7, 11) is 0. The first-order valence-electron chi connectivity index (χ1n) is 13.9. The molecule has 42 heavy (non-hydrogen) atoms. The van der Waals surface area contributed by atoms with Crippen LogP contribution in [0.4, 0.5) is 5.69 Å². The molecular formula is C37H28N4O. The lowest BCUT2D eigenvalue weighted by molar-refractivity contribution is 0.629. The van der Waals surface area contributed by atoms with Gasteiger partial charge in [-0.15, -0.1) is 0 Å². The zero-order chi connectivity index (χ0) is 28.4. The molecule has 4 aromatic carbocycles. The van der Waals surface area contributed by atoms with Crippen LogP contribution >= 0.6 is 0 Å². The number of fused-ring (bicyclic) bond motifs is 1. The maximum Gasteiger partial charge on any atom is 0.153 e. The van der Waals surface area contributed by atoms with Crippen molar-refractivity contribution in [3.63, 3.8) is 0 Å². The van der Waals surface area contributed by atoms with Crippen molar-refractivity contribution in [2.24, 2.45) is 5.10 Å². The molecule has 5 nitrogen and oxygen atoms in total. The predicted octanol–water partition coefficient (Wildman–Crippen LogP) is 9.12. The Morgan fingerprint density at radius 3 is 2.31 bits per heavy atom. The first-order chi connectivity index (χ1) is 20.7. The number of anilines is 1. The number of furan rings is 1. The number of nitrogens with zero attached hydrogens (tertiary/aromatic N) is 2. The van der Waals surface area contributed by atoms with E-state index in [9.17, 15) is 0 Å². The lowest BCUT2D eigenvalue weighted by atomic mass is 9.89. The van der Waals surface area contributed by atoms with E-state index in [0.29, 0.717) is 6.42 Å². The number of hydrogen-bond donors (Lipinski definition) is 2. The molecule has 1 aliphatic rings. The number of rotatable bonds is 9. The Hall–Kier alpha value is -5.55. The average molecular weight is 545 g/mol. The molecule has 202 valence electrons. The highest BCUT2D eigenvalue weighted by Gasteiger charge is 2.34. The number of benzene rings is 4. The van der Waals surface area contributed by atoms with Gasteiger partial charge < -0.3 is 9.83 Å². The molecule has 5 heteroatoms. The van der Waals surface area contributed by atoms with Crippen LogP contribution in [0.3, 0.4) is 0 Å². The molecular weight excluding hydrogens is 516 g/mol. The van der Waals surface area contributed by atoms with E-state index < -0.39 is 0 Å². The van der Waals surface area contributed by atoms with E-state index in [1.807, 2.05) is 72.8 Å². The largest absolute Gasteiger partial charge is 0.454 e. The molecule has 2 heterocycles. The van der Waals surface area contributed by atoms with Crippen molar-refractivity contribution in [1.29, 1.82) is 5.41 Å². The van der Waals surface area contributed by atoms with Crippen LogP contribution in [-0.2, 0) is 5.41 Å². The van der Waals surface area contributed by atoms with Crippen LogP contribution < -0.4 is 5.43 Å². The highest BCUT2D eigenvalue weighted by molar-refractivity contribution is 5.84. The smallest absolute Gasteiger partial charge is 0.153 e. The fourth-order valence-electron chi connectivity index (χ4n) is 5.24. The summed E-state index contributed by atoms with van der Waals surface area (Å²) >= 11 is 0. The predicted molar refractivity (Wildman–Crippen MR) is 172 cm³/mol. The maximum atomic E-state index is 7.57. The molecule has 0 atom stereocenters. The molecule has 2 N–H and O–H groups in total. The quantitative estimate of drug-likeness (QED) is 0.108. The van der Waals surface area contributed by atoms with Gasteiger partial charge in [0, 0.05) is 16.4 Å². The molecule has 0 saturated heterocycles. The van der Waals surface area contributed by atoms with Crippen molar-refractivity contribution >= 4 is 29.1 Å². The van der Waals surface area contributed by atoms with Crippen molar-refractivity contribution in [2.75, 3.05) is 5.43 Å². The SMILES string of the molecule is N=CCC1(c2ccc(-c3cc(-c4cccc(N/N=C/c5ccccc5)c4)nc(-c4cc5ccccc5o4)c3)cc2)C=C1. The van der Waals surface area contributed by atoms with Crippen LogP contribution in [0.5, 0.6) is 0 Å². The number of nitrogens with one attached hydrogen (secondary N) is 2. The molecule has 0 unspecified atom stereocenters. The van der Waals surface area contributed by atoms with Gasteiger partial charge in [0.15, 0.2) is 5.76 Å². The van der Waals surface area contributed by atoms with Gasteiger partial charge in [-0.05, 0) is 71.3 Å². The van der Waals surface area contributed by atoms with Crippen LogP contribution in [0.25, 0.3) is 44.8 Å². The van der Waals surface area contributed by atoms with Crippen molar-refractivity contribution < 1.29 is 4.42 Å². The summed E-state index contributed by atoms with van der Waals surface area (Å²) in [5.74, 6) is 0.727. The summed E-state index contributed by atoms with van der Waals surface area (Å²) in [6.45, 7) is 0.